The molecule has 1 unspecified atom stereocenters. The van der Waals surface area contributed by atoms with Gasteiger partial charge < -0.3 is 15.2 Å². The Morgan fingerprint density at radius 1 is 1.43 bits per heavy atom. The van der Waals surface area contributed by atoms with Gasteiger partial charge in [-0.05, 0) is 25.0 Å². The number of carbonyl (C=O) groups excluding carboxylic acids is 1. The van der Waals surface area contributed by atoms with E-state index < -0.39 is 23.7 Å². The van der Waals surface area contributed by atoms with E-state index in [2.05, 4.69) is 5.32 Å². The first-order valence-corrected chi connectivity index (χ1v) is 7.41. The van der Waals surface area contributed by atoms with Crippen LogP contribution in [0.15, 0.2) is 29.2 Å². The second-order valence-corrected chi connectivity index (χ2v) is 5.33. The van der Waals surface area contributed by atoms with Gasteiger partial charge in [-0.2, -0.15) is 0 Å². The number of carboxylic acid groups (broad SMARTS) is 1. The summed E-state index contributed by atoms with van der Waals surface area (Å²) in [6.07, 6.45) is 0.827. The van der Waals surface area contributed by atoms with E-state index in [9.17, 15) is 14.0 Å². The number of rotatable bonds is 9. The van der Waals surface area contributed by atoms with E-state index >= 15 is 0 Å². The van der Waals surface area contributed by atoms with E-state index in [1.54, 1.807) is 18.2 Å². The van der Waals surface area contributed by atoms with Crippen LogP contribution in [0.4, 0.5) is 4.39 Å². The third-order valence-electron chi connectivity index (χ3n) is 2.67. The van der Waals surface area contributed by atoms with Crippen LogP contribution in [0.5, 0.6) is 0 Å². The molecule has 0 aliphatic heterocycles. The predicted molar refractivity (Wildman–Crippen MR) is 77.8 cm³/mol. The maximum Gasteiger partial charge on any atom is 0.326 e. The van der Waals surface area contributed by atoms with E-state index in [4.69, 9.17) is 9.84 Å². The van der Waals surface area contributed by atoms with Crippen molar-refractivity contribution in [2.24, 2.45) is 0 Å². The molecule has 21 heavy (non-hydrogen) atoms. The smallest absolute Gasteiger partial charge is 0.326 e. The Bertz CT molecular complexity index is 484. The topological polar surface area (TPSA) is 75.6 Å². The van der Waals surface area contributed by atoms with Crippen molar-refractivity contribution in [3.05, 3.63) is 30.1 Å². The van der Waals surface area contributed by atoms with Crippen LogP contribution in [0.25, 0.3) is 0 Å². The van der Waals surface area contributed by atoms with Gasteiger partial charge in [0.05, 0.1) is 5.75 Å². The summed E-state index contributed by atoms with van der Waals surface area (Å²) in [5.74, 6) is -1.96. The summed E-state index contributed by atoms with van der Waals surface area (Å²) >= 11 is 1.03. The maximum atomic E-state index is 13.4. The highest BCUT2D eigenvalue weighted by atomic mass is 32.2. The molecule has 0 saturated heterocycles. The van der Waals surface area contributed by atoms with Gasteiger partial charge in [-0.15, -0.1) is 11.8 Å². The normalized spacial score (nSPS) is 11.9. The van der Waals surface area contributed by atoms with Crippen LogP contribution >= 0.6 is 11.8 Å². The van der Waals surface area contributed by atoms with Gasteiger partial charge in [-0.1, -0.05) is 12.1 Å². The highest BCUT2D eigenvalue weighted by Crippen LogP contribution is 2.20. The first-order chi connectivity index (χ1) is 10.0. The first-order valence-electron chi connectivity index (χ1n) is 6.43. The van der Waals surface area contributed by atoms with Gasteiger partial charge in [0.1, 0.15) is 11.9 Å². The number of thioether (sulfide) groups is 1. The molecule has 0 saturated carbocycles. The summed E-state index contributed by atoms with van der Waals surface area (Å²) in [5.41, 5.74) is 0. The van der Waals surface area contributed by atoms with E-state index in [0.717, 1.165) is 11.8 Å². The number of ether oxygens (including phenoxy) is 1. The number of methoxy groups -OCH3 is 1. The van der Waals surface area contributed by atoms with Gasteiger partial charge in [0.15, 0.2) is 0 Å². The SMILES string of the molecule is COCCCC(NC(=O)CSc1ccccc1F)C(=O)O. The minimum absolute atomic E-state index is 0.0327. The molecule has 1 aromatic carbocycles. The van der Waals surface area contributed by atoms with E-state index in [1.807, 2.05) is 0 Å². The Morgan fingerprint density at radius 2 is 2.14 bits per heavy atom. The highest BCUT2D eigenvalue weighted by molar-refractivity contribution is 8.00. The summed E-state index contributed by atoms with van der Waals surface area (Å²) < 4.78 is 18.2. The van der Waals surface area contributed by atoms with Crippen LogP contribution in [0, 0.1) is 5.82 Å². The van der Waals surface area contributed by atoms with Gasteiger partial charge in [-0.3, -0.25) is 4.79 Å². The van der Waals surface area contributed by atoms with Crippen LogP contribution in [0.2, 0.25) is 0 Å². The van der Waals surface area contributed by atoms with Gasteiger partial charge in [0, 0.05) is 18.6 Å². The molecule has 0 radical (unpaired) electrons. The molecule has 0 spiro atoms. The number of benzene rings is 1. The summed E-state index contributed by atoms with van der Waals surface area (Å²) in [7, 11) is 1.53. The summed E-state index contributed by atoms with van der Waals surface area (Å²) in [5, 5.41) is 11.5. The molecule has 116 valence electrons. The minimum Gasteiger partial charge on any atom is -0.480 e. The van der Waals surface area contributed by atoms with Gasteiger partial charge in [0.2, 0.25) is 5.91 Å². The molecule has 0 fully saturated rings. The Labute approximate surface area is 126 Å². The largest absolute Gasteiger partial charge is 0.480 e. The van der Waals surface area contributed by atoms with Crippen molar-refractivity contribution in [3.63, 3.8) is 0 Å². The van der Waals surface area contributed by atoms with Crippen molar-refractivity contribution in [3.8, 4) is 0 Å². The van der Waals surface area contributed by atoms with E-state index in [-0.39, 0.29) is 5.75 Å². The standard InChI is InChI=1S/C14H18FNO4S/c1-20-8-4-6-11(14(18)19)16-13(17)9-21-12-7-3-2-5-10(12)15/h2-3,5,7,11H,4,6,8-9H2,1H3,(H,16,17)(H,18,19). The molecule has 0 bridgehead atoms. The Kier molecular flexibility index (Phi) is 7.78. The number of amides is 1. The Hall–Kier alpha value is -1.60. The molecular formula is C14H18FNO4S. The third-order valence-corrected chi connectivity index (χ3v) is 3.72. The molecule has 0 aliphatic carbocycles. The lowest BCUT2D eigenvalue weighted by atomic mass is 10.1. The van der Waals surface area contributed by atoms with Crippen LogP contribution in [-0.4, -0.2) is 42.5 Å². The number of carbonyl (C=O) groups is 2. The molecule has 1 rings (SSSR count). The monoisotopic (exact) mass is 315 g/mol. The van der Waals surface area contributed by atoms with E-state index in [0.29, 0.717) is 24.3 Å². The van der Waals surface area contributed by atoms with Crippen LogP contribution in [0.1, 0.15) is 12.8 Å². The quantitative estimate of drug-likeness (QED) is 0.538. The average Bonchev–Trinajstić information content (AvgIpc) is 2.45. The van der Waals surface area contributed by atoms with E-state index in [1.165, 1.54) is 13.2 Å². The van der Waals surface area contributed by atoms with Gasteiger partial charge in [-0.25, -0.2) is 9.18 Å². The van der Waals surface area contributed by atoms with Crippen LogP contribution < -0.4 is 5.32 Å². The number of hydrogen-bond donors (Lipinski definition) is 2. The van der Waals surface area contributed by atoms with Crippen LogP contribution in [-0.2, 0) is 14.3 Å². The number of hydrogen-bond acceptors (Lipinski definition) is 4. The number of nitrogens with one attached hydrogen (secondary N) is 1. The Morgan fingerprint density at radius 3 is 2.76 bits per heavy atom. The maximum absolute atomic E-state index is 13.4. The van der Waals surface area contributed by atoms with Crippen molar-refractivity contribution in [1.82, 2.24) is 5.32 Å². The molecule has 0 heterocycles. The highest BCUT2D eigenvalue weighted by Gasteiger charge is 2.19. The zero-order valence-electron chi connectivity index (χ0n) is 11.7. The van der Waals surface area contributed by atoms with Gasteiger partial charge >= 0.3 is 5.97 Å². The van der Waals surface area contributed by atoms with Crippen molar-refractivity contribution in [1.29, 1.82) is 0 Å². The van der Waals surface area contributed by atoms with Crippen molar-refractivity contribution in [2.45, 2.75) is 23.8 Å². The average molecular weight is 315 g/mol. The minimum atomic E-state index is -1.09. The molecular weight excluding hydrogens is 297 g/mol. The van der Waals surface area contributed by atoms with Crippen molar-refractivity contribution in [2.75, 3.05) is 19.5 Å². The number of aliphatic carboxylic acids is 1. The zero-order chi connectivity index (χ0) is 15.7. The number of halogens is 1. The first kappa shape index (κ1) is 17.5. The molecule has 0 aromatic heterocycles. The fourth-order valence-electron chi connectivity index (χ4n) is 1.63. The zero-order valence-corrected chi connectivity index (χ0v) is 12.5. The molecule has 0 aliphatic rings. The van der Waals surface area contributed by atoms with Crippen molar-refractivity contribution < 1.29 is 23.8 Å². The predicted octanol–water partition coefficient (Wildman–Crippen LogP) is 1.91. The second kappa shape index (κ2) is 9.36. The molecule has 5 nitrogen and oxygen atoms in total. The molecule has 1 atom stereocenters. The fourth-order valence-corrected chi connectivity index (χ4v) is 2.38. The summed E-state index contributed by atoms with van der Waals surface area (Å²) in [6, 6.07) is 5.17. The lowest BCUT2D eigenvalue weighted by Gasteiger charge is -2.14. The summed E-state index contributed by atoms with van der Waals surface area (Å²) in [4.78, 5) is 23.1. The molecule has 1 aromatic rings. The fraction of sp³-hybridized carbons (Fsp3) is 0.429. The Balaban J connectivity index is 2.43. The molecule has 1 amide bonds. The van der Waals surface area contributed by atoms with Crippen LogP contribution in [0.3, 0.4) is 0 Å². The molecule has 7 heteroatoms. The third kappa shape index (κ3) is 6.59. The lowest BCUT2D eigenvalue weighted by molar-refractivity contribution is -0.141. The lowest BCUT2D eigenvalue weighted by Crippen LogP contribution is -2.41. The number of carboxylic acids is 1. The summed E-state index contributed by atoms with van der Waals surface area (Å²) in [6.45, 7) is 0.434. The molecule has 2 N–H and O–H groups in total. The second-order valence-electron chi connectivity index (χ2n) is 4.31. The van der Waals surface area contributed by atoms with Gasteiger partial charge in [0.25, 0.3) is 0 Å². The van der Waals surface area contributed by atoms with Crippen molar-refractivity contribution >= 4 is 23.6 Å².